The normalized spacial score (nSPS) is 43.5. The van der Waals surface area contributed by atoms with Gasteiger partial charge in [0.1, 0.15) is 24.4 Å². The van der Waals surface area contributed by atoms with Gasteiger partial charge in [-0.15, -0.1) is 0 Å². The lowest BCUT2D eigenvalue weighted by Crippen LogP contribution is -2.65. The average molecular weight is 778 g/mol. The Morgan fingerprint density at radius 3 is 1.70 bits per heavy atom. The zero-order valence-electron chi connectivity index (χ0n) is 33.5. The first kappa shape index (κ1) is 39.5. The van der Waals surface area contributed by atoms with Gasteiger partial charge in [0, 0.05) is 73.8 Å². The fraction of sp³-hybridized carbons (Fsp3) is 0.721. The molecule has 7 fully saturated rings. The lowest BCUT2D eigenvalue weighted by Gasteiger charge is -2.55. The van der Waals surface area contributed by atoms with Crippen LogP contribution in [0.1, 0.15) is 90.0 Å². The van der Waals surface area contributed by atoms with Crippen LogP contribution < -0.4 is 0 Å². The van der Waals surface area contributed by atoms with Gasteiger partial charge in [-0.25, -0.2) is 4.79 Å². The number of nitrogens with zero attached hydrogens (tertiary/aromatic N) is 3. The highest BCUT2D eigenvalue weighted by molar-refractivity contribution is 5.96. The molecule has 56 heavy (non-hydrogen) atoms. The van der Waals surface area contributed by atoms with Crippen molar-refractivity contribution in [2.45, 2.75) is 157 Å². The first-order valence-corrected chi connectivity index (χ1v) is 20.7. The predicted octanol–water partition coefficient (Wildman–Crippen LogP) is 2.96. The lowest BCUT2D eigenvalue weighted by molar-refractivity contribution is -0.210. The summed E-state index contributed by atoms with van der Waals surface area (Å²) in [6.07, 6.45) is 3.94. The van der Waals surface area contributed by atoms with Crippen molar-refractivity contribution in [3.63, 3.8) is 0 Å². The van der Waals surface area contributed by atoms with E-state index >= 15 is 0 Å². The van der Waals surface area contributed by atoms with Crippen LogP contribution >= 0.6 is 0 Å². The standard InChI is InChI=1S/C43H59N3O10/c1-7-22(2)39(49)54-34-18-26-15-29(21-32(34)46(26)6)53-40(50)37-36(23-11-9-8-10-12-23)38(41(51)55-33-16-24-13-27(47)19-30(33)44(24)4)43(37,3)42(52)56-35-17-25-14-28(48)20-31(35)45(25)5/h7-12,24-38,47-48H,13-21H2,1-6H3/b22-7-/t24-,25-,26-,27+,28+,29+,30+,31+,32+,33-,34-,35-,36+,37-,38+,43+/m0/s1. The van der Waals surface area contributed by atoms with E-state index in [-0.39, 0.29) is 48.3 Å². The number of fused-ring (bicyclic) bond motifs is 6. The highest BCUT2D eigenvalue weighted by Crippen LogP contribution is 2.63. The van der Waals surface area contributed by atoms with Crippen molar-refractivity contribution in [3.05, 3.63) is 47.5 Å². The number of hydrogen-bond acceptors (Lipinski definition) is 13. The molecule has 6 saturated heterocycles. The van der Waals surface area contributed by atoms with Crippen molar-refractivity contribution in [2.75, 3.05) is 21.1 Å². The molecule has 2 N–H and O–H groups in total. The molecule has 0 spiro atoms. The van der Waals surface area contributed by atoms with E-state index in [1.165, 1.54) is 0 Å². The Kier molecular flexibility index (Phi) is 10.6. The third kappa shape index (κ3) is 6.68. The van der Waals surface area contributed by atoms with E-state index < -0.39 is 71.6 Å². The Morgan fingerprint density at radius 2 is 1.14 bits per heavy atom. The molecule has 8 rings (SSSR count). The number of ether oxygens (including phenoxy) is 4. The summed E-state index contributed by atoms with van der Waals surface area (Å²) in [6, 6.07) is 9.06. The van der Waals surface area contributed by atoms with Crippen molar-refractivity contribution >= 4 is 23.9 Å². The molecule has 1 aromatic rings. The second-order valence-electron chi connectivity index (χ2n) is 18.2. The van der Waals surface area contributed by atoms with Crippen LogP contribution in [0.5, 0.6) is 0 Å². The zero-order chi connectivity index (χ0) is 39.8. The molecular formula is C43H59N3O10. The largest absolute Gasteiger partial charge is 0.462 e. The van der Waals surface area contributed by atoms with E-state index in [1.807, 2.05) is 51.5 Å². The van der Waals surface area contributed by atoms with Gasteiger partial charge in [-0.05, 0) is 73.2 Å². The van der Waals surface area contributed by atoms with Crippen molar-refractivity contribution in [3.8, 4) is 0 Å². The first-order chi connectivity index (χ1) is 26.7. The molecule has 16 atom stereocenters. The molecule has 7 aliphatic rings. The molecule has 0 aromatic heterocycles. The van der Waals surface area contributed by atoms with Gasteiger partial charge in [-0.1, -0.05) is 36.4 Å². The van der Waals surface area contributed by atoms with Gasteiger partial charge in [0.15, 0.2) is 0 Å². The molecule has 13 nitrogen and oxygen atoms in total. The Morgan fingerprint density at radius 1 is 0.661 bits per heavy atom. The summed E-state index contributed by atoms with van der Waals surface area (Å²) in [5, 5.41) is 21.1. The molecular weight excluding hydrogens is 718 g/mol. The number of carbonyl (C=O) groups excluding carboxylic acids is 4. The molecule has 6 bridgehead atoms. The van der Waals surface area contributed by atoms with Crippen LogP contribution in [0, 0.1) is 17.3 Å². The van der Waals surface area contributed by atoms with E-state index in [2.05, 4.69) is 14.7 Å². The summed E-state index contributed by atoms with van der Waals surface area (Å²) >= 11 is 0. The van der Waals surface area contributed by atoms with Gasteiger partial charge in [-0.2, -0.15) is 0 Å². The van der Waals surface area contributed by atoms with Gasteiger partial charge >= 0.3 is 23.9 Å². The fourth-order valence-electron chi connectivity index (χ4n) is 11.8. The minimum Gasteiger partial charge on any atom is -0.462 e. The quantitative estimate of drug-likeness (QED) is 0.215. The minimum atomic E-state index is -1.62. The number of carbonyl (C=O) groups is 4. The SMILES string of the molecule is C/C=C(/C)C(=O)O[C@H]1C[C@@H]2C[C@@H](OC(=O)[C@@H]3[C@@H](c4ccccc4)[C@H](C(=O)O[C@H]4C[C@@H]5C[C@@H](O)C[C@H]4N5C)[C@]3(C)C(=O)O[C@H]3C[C@@H]4C[C@@H](O)C[C@H]3N4C)C[C@H]1N2C. The van der Waals surface area contributed by atoms with E-state index in [0.717, 1.165) is 5.56 Å². The molecule has 0 amide bonds. The monoisotopic (exact) mass is 777 g/mol. The fourth-order valence-corrected chi connectivity index (χ4v) is 11.8. The van der Waals surface area contributed by atoms with Crippen LogP contribution in [-0.4, -0.2) is 143 Å². The topological polar surface area (TPSA) is 155 Å². The van der Waals surface area contributed by atoms with Crippen LogP contribution in [-0.2, 0) is 38.1 Å². The summed E-state index contributed by atoms with van der Waals surface area (Å²) in [5.41, 5.74) is -0.347. The van der Waals surface area contributed by atoms with Crippen molar-refractivity contribution in [1.82, 2.24) is 14.7 Å². The summed E-state index contributed by atoms with van der Waals surface area (Å²) < 4.78 is 25.1. The Bertz CT molecular complexity index is 1720. The Hall–Kier alpha value is -3.36. The van der Waals surface area contributed by atoms with Crippen LogP contribution in [0.4, 0.5) is 0 Å². The maximum Gasteiger partial charge on any atom is 0.333 e. The number of aliphatic hydroxyl groups excluding tert-OH is 2. The molecule has 0 radical (unpaired) electrons. The third-order valence-electron chi connectivity index (χ3n) is 15.2. The van der Waals surface area contributed by atoms with Crippen LogP contribution in [0.15, 0.2) is 42.0 Å². The van der Waals surface area contributed by atoms with Crippen LogP contribution in [0.2, 0.25) is 0 Å². The molecule has 306 valence electrons. The number of allylic oxidation sites excluding steroid dienone is 1. The zero-order valence-corrected chi connectivity index (χ0v) is 33.5. The van der Waals surface area contributed by atoms with Gasteiger partial charge in [0.25, 0.3) is 0 Å². The Balaban J connectivity index is 1.08. The van der Waals surface area contributed by atoms with Crippen molar-refractivity contribution in [1.29, 1.82) is 0 Å². The van der Waals surface area contributed by atoms with Crippen LogP contribution in [0.25, 0.3) is 0 Å². The molecule has 0 unspecified atom stereocenters. The van der Waals surface area contributed by atoms with Crippen LogP contribution in [0.3, 0.4) is 0 Å². The first-order valence-electron chi connectivity index (χ1n) is 20.7. The molecule has 13 heteroatoms. The molecule has 6 heterocycles. The maximum atomic E-state index is 14.9. The van der Waals surface area contributed by atoms with Crippen molar-refractivity contribution in [2.24, 2.45) is 17.3 Å². The smallest absolute Gasteiger partial charge is 0.333 e. The second-order valence-corrected chi connectivity index (χ2v) is 18.2. The third-order valence-corrected chi connectivity index (χ3v) is 15.2. The number of esters is 4. The summed E-state index contributed by atoms with van der Waals surface area (Å²) in [4.78, 5) is 63.6. The highest BCUT2D eigenvalue weighted by Gasteiger charge is 2.72. The molecule has 6 aliphatic heterocycles. The van der Waals surface area contributed by atoms with Gasteiger partial charge in [-0.3, -0.25) is 29.1 Å². The molecule has 1 aromatic carbocycles. The van der Waals surface area contributed by atoms with Gasteiger partial charge in [0.05, 0.1) is 35.5 Å². The number of rotatable bonds is 9. The maximum absolute atomic E-state index is 14.9. The number of benzene rings is 1. The van der Waals surface area contributed by atoms with E-state index in [4.69, 9.17) is 18.9 Å². The number of hydrogen-bond donors (Lipinski definition) is 2. The van der Waals surface area contributed by atoms with E-state index in [1.54, 1.807) is 26.8 Å². The van der Waals surface area contributed by atoms with Gasteiger partial charge < -0.3 is 29.2 Å². The summed E-state index contributed by atoms with van der Waals surface area (Å²) in [6.45, 7) is 5.19. The average Bonchev–Trinajstić information content (AvgIpc) is 3.50. The highest BCUT2D eigenvalue weighted by atomic mass is 16.6. The minimum absolute atomic E-state index is 0.0391. The number of likely N-dealkylation sites (N-methyl/N-ethyl adjacent to an activating group) is 3. The Labute approximate surface area is 329 Å². The molecule has 1 saturated carbocycles. The van der Waals surface area contributed by atoms with E-state index in [0.29, 0.717) is 63.4 Å². The number of aliphatic hydroxyl groups is 2. The lowest BCUT2D eigenvalue weighted by atomic mass is 9.45. The summed E-state index contributed by atoms with van der Waals surface area (Å²) in [5.74, 6) is -4.91. The van der Waals surface area contributed by atoms with Crippen molar-refractivity contribution < 1.29 is 48.3 Å². The second kappa shape index (κ2) is 15.1. The summed E-state index contributed by atoms with van der Waals surface area (Å²) in [7, 11) is 5.99. The molecule has 1 aliphatic carbocycles. The van der Waals surface area contributed by atoms with Gasteiger partial charge in [0.2, 0.25) is 0 Å². The van der Waals surface area contributed by atoms with E-state index in [9.17, 15) is 29.4 Å². The predicted molar refractivity (Wildman–Crippen MR) is 203 cm³/mol. The number of piperidine rings is 3.